The number of benzene rings is 1. The Morgan fingerprint density at radius 2 is 2.22 bits per heavy atom. The largest absolute Gasteiger partial charge is 0.506 e. The number of carbonyl (C=O) groups is 1. The number of anilines is 1. The summed E-state index contributed by atoms with van der Waals surface area (Å²) in [6.07, 6.45) is 0.818. The smallest absolute Gasteiger partial charge is 0.241 e. The molecule has 0 aliphatic heterocycles. The first-order valence-electron chi connectivity index (χ1n) is 5.93. The van der Waals surface area contributed by atoms with Crippen LogP contribution in [0.1, 0.15) is 20.3 Å². The Hall–Kier alpha value is -1.75. The lowest BCUT2D eigenvalue weighted by Crippen LogP contribution is -2.40. The Balaban J connectivity index is 2.81. The van der Waals surface area contributed by atoms with Gasteiger partial charge in [-0.1, -0.05) is 20.3 Å². The molecule has 1 aromatic carbocycles. The summed E-state index contributed by atoms with van der Waals surface area (Å²) < 4.78 is 5.03. The van der Waals surface area contributed by atoms with E-state index >= 15 is 0 Å². The second-order valence-corrected chi connectivity index (χ2v) is 4.28. The predicted molar refractivity (Wildman–Crippen MR) is 70.7 cm³/mol. The van der Waals surface area contributed by atoms with E-state index in [0.29, 0.717) is 11.4 Å². The van der Waals surface area contributed by atoms with E-state index in [4.69, 9.17) is 10.5 Å². The van der Waals surface area contributed by atoms with Crippen molar-refractivity contribution in [1.82, 2.24) is 0 Å². The number of methoxy groups -OCH3 is 1. The van der Waals surface area contributed by atoms with Gasteiger partial charge in [-0.2, -0.15) is 0 Å². The first-order chi connectivity index (χ1) is 8.49. The molecule has 0 bridgehead atoms. The van der Waals surface area contributed by atoms with Crippen LogP contribution in [0.15, 0.2) is 18.2 Å². The van der Waals surface area contributed by atoms with E-state index in [2.05, 4.69) is 5.32 Å². The van der Waals surface area contributed by atoms with Gasteiger partial charge in [0.2, 0.25) is 5.91 Å². The van der Waals surface area contributed by atoms with Gasteiger partial charge < -0.3 is 20.9 Å². The zero-order chi connectivity index (χ0) is 13.7. The molecule has 18 heavy (non-hydrogen) atoms. The number of carbonyl (C=O) groups excluding carboxylic acids is 1. The van der Waals surface area contributed by atoms with Crippen LogP contribution in [-0.4, -0.2) is 24.2 Å². The number of phenolic OH excluding ortho intramolecular Hbond substituents is 1. The molecule has 1 amide bonds. The standard InChI is InChI=1S/C13H20N2O3/c1-4-8(2)12(14)13(17)15-10-7-9(18-3)5-6-11(10)16/h5-8,12,16H,4,14H2,1-3H3,(H,15,17)/t8-,12-/m0/s1. The van der Waals surface area contributed by atoms with Crippen molar-refractivity contribution in [2.45, 2.75) is 26.3 Å². The SMILES string of the molecule is CC[C@H](C)[C@H](N)C(=O)Nc1cc(OC)ccc1O. The number of nitrogens with two attached hydrogens (primary N) is 1. The van der Waals surface area contributed by atoms with Crippen molar-refractivity contribution in [3.63, 3.8) is 0 Å². The number of ether oxygens (including phenoxy) is 1. The normalized spacial score (nSPS) is 13.8. The van der Waals surface area contributed by atoms with Crippen molar-refractivity contribution in [2.75, 3.05) is 12.4 Å². The van der Waals surface area contributed by atoms with Gasteiger partial charge in [0.25, 0.3) is 0 Å². The van der Waals surface area contributed by atoms with E-state index < -0.39 is 6.04 Å². The summed E-state index contributed by atoms with van der Waals surface area (Å²) in [6, 6.07) is 4.03. The van der Waals surface area contributed by atoms with E-state index in [1.807, 2.05) is 13.8 Å². The van der Waals surface area contributed by atoms with Crippen molar-refractivity contribution < 1.29 is 14.6 Å². The molecule has 0 aliphatic rings. The molecule has 0 radical (unpaired) electrons. The van der Waals surface area contributed by atoms with Gasteiger partial charge in [-0.05, 0) is 18.1 Å². The molecule has 0 saturated carbocycles. The Morgan fingerprint density at radius 3 is 2.78 bits per heavy atom. The molecule has 1 aromatic rings. The van der Waals surface area contributed by atoms with Crippen molar-refractivity contribution in [3.05, 3.63) is 18.2 Å². The van der Waals surface area contributed by atoms with E-state index in [-0.39, 0.29) is 17.6 Å². The summed E-state index contributed by atoms with van der Waals surface area (Å²) in [5.41, 5.74) is 6.12. The molecule has 0 unspecified atom stereocenters. The predicted octanol–water partition coefficient (Wildman–Crippen LogP) is 1.71. The van der Waals surface area contributed by atoms with Gasteiger partial charge in [0.05, 0.1) is 18.8 Å². The molecular weight excluding hydrogens is 232 g/mol. The van der Waals surface area contributed by atoms with Gasteiger partial charge in [0.1, 0.15) is 11.5 Å². The van der Waals surface area contributed by atoms with Gasteiger partial charge in [-0.15, -0.1) is 0 Å². The van der Waals surface area contributed by atoms with E-state index in [1.54, 1.807) is 12.1 Å². The van der Waals surface area contributed by atoms with Crippen LogP contribution in [0.5, 0.6) is 11.5 Å². The second-order valence-electron chi connectivity index (χ2n) is 4.28. The molecule has 2 atom stereocenters. The zero-order valence-corrected chi connectivity index (χ0v) is 10.9. The van der Waals surface area contributed by atoms with Gasteiger partial charge in [-0.25, -0.2) is 0 Å². The number of hydrogen-bond acceptors (Lipinski definition) is 4. The molecule has 0 fully saturated rings. The Labute approximate surface area is 107 Å². The third-order valence-electron chi connectivity index (χ3n) is 3.02. The highest BCUT2D eigenvalue weighted by atomic mass is 16.5. The quantitative estimate of drug-likeness (QED) is 0.696. The fourth-order valence-corrected chi connectivity index (χ4v) is 1.47. The summed E-state index contributed by atoms with van der Waals surface area (Å²) in [7, 11) is 1.52. The highest BCUT2D eigenvalue weighted by Crippen LogP contribution is 2.28. The van der Waals surface area contributed by atoms with Crippen molar-refractivity contribution in [3.8, 4) is 11.5 Å². The zero-order valence-electron chi connectivity index (χ0n) is 10.9. The maximum absolute atomic E-state index is 11.9. The molecule has 4 N–H and O–H groups in total. The Morgan fingerprint density at radius 1 is 1.56 bits per heavy atom. The van der Waals surface area contributed by atoms with Crippen LogP contribution in [0.3, 0.4) is 0 Å². The lowest BCUT2D eigenvalue weighted by atomic mass is 9.99. The maximum Gasteiger partial charge on any atom is 0.241 e. The second kappa shape index (κ2) is 6.26. The molecule has 100 valence electrons. The fraction of sp³-hybridized carbons (Fsp3) is 0.462. The molecule has 5 heteroatoms. The number of nitrogens with one attached hydrogen (secondary N) is 1. The number of phenols is 1. The fourth-order valence-electron chi connectivity index (χ4n) is 1.47. The minimum Gasteiger partial charge on any atom is -0.506 e. The molecule has 1 rings (SSSR count). The van der Waals surface area contributed by atoms with Crippen LogP contribution in [0, 0.1) is 5.92 Å². The maximum atomic E-state index is 11.9. The summed E-state index contributed by atoms with van der Waals surface area (Å²) in [5, 5.41) is 12.3. The summed E-state index contributed by atoms with van der Waals surface area (Å²) in [6.45, 7) is 3.89. The lowest BCUT2D eigenvalue weighted by Gasteiger charge is -2.18. The highest BCUT2D eigenvalue weighted by Gasteiger charge is 2.20. The van der Waals surface area contributed by atoms with E-state index in [0.717, 1.165) is 6.42 Å². The van der Waals surface area contributed by atoms with Crippen molar-refractivity contribution in [1.29, 1.82) is 0 Å². The number of rotatable bonds is 5. The van der Waals surface area contributed by atoms with E-state index in [1.165, 1.54) is 13.2 Å². The summed E-state index contributed by atoms with van der Waals surface area (Å²) in [4.78, 5) is 11.9. The van der Waals surface area contributed by atoms with Gasteiger partial charge in [0.15, 0.2) is 0 Å². The van der Waals surface area contributed by atoms with Crippen LogP contribution in [0.25, 0.3) is 0 Å². The third-order valence-corrected chi connectivity index (χ3v) is 3.02. The molecule has 0 aliphatic carbocycles. The lowest BCUT2D eigenvalue weighted by molar-refractivity contribution is -0.118. The molecule has 0 spiro atoms. The van der Waals surface area contributed by atoms with Gasteiger partial charge in [-0.3, -0.25) is 4.79 Å². The monoisotopic (exact) mass is 252 g/mol. The average molecular weight is 252 g/mol. The summed E-state index contributed by atoms with van der Waals surface area (Å²) in [5.74, 6) is 0.311. The Bertz CT molecular complexity index is 421. The number of hydrogen-bond donors (Lipinski definition) is 3. The minimum atomic E-state index is -0.597. The van der Waals surface area contributed by atoms with Crippen LogP contribution in [-0.2, 0) is 4.79 Å². The first kappa shape index (κ1) is 14.3. The molecule has 0 saturated heterocycles. The van der Waals surface area contributed by atoms with E-state index in [9.17, 15) is 9.90 Å². The molecule has 5 nitrogen and oxygen atoms in total. The van der Waals surface area contributed by atoms with Crippen LogP contribution in [0.2, 0.25) is 0 Å². The van der Waals surface area contributed by atoms with Crippen molar-refractivity contribution >= 4 is 11.6 Å². The Kier molecular flexibility index (Phi) is 4.97. The minimum absolute atomic E-state index is 0.0134. The molecule has 0 heterocycles. The van der Waals surface area contributed by atoms with Crippen LogP contribution >= 0.6 is 0 Å². The summed E-state index contributed by atoms with van der Waals surface area (Å²) >= 11 is 0. The first-order valence-corrected chi connectivity index (χ1v) is 5.93. The van der Waals surface area contributed by atoms with Crippen LogP contribution in [0.4, 0.5) is 5.69 Å². The molecular formula is C13H20N2O3. The highest BCUT2D eigenvalue weighted by molar-refractivity contribution is 5.96. The average Bonchev–Trinajstić information content (AvgIpc) is 2.39. The van der Waals surface area contributed by atoms with Crippen molar-refractivity contribution in [2.24, 2.45) is 11.7 Å². The molecule has 0 aromatic heterocycles. The third kappa shape index (κ3) is 3.37. The topological polar surface area (TPSA) is 84.6 Å². The van der Waals surface area contributed by atoms with Gasteiger partial charge in [0, 0.05) is 6.07 Å². The van der Waals surface area contributed by atoms with Crippen LogP contribution < -0.4 is 15.8 Å². The number of amides is 1. The van der Waals surface area contributed by atoms with Gasteiger partial charge >= 0.3 is 0 Å². The number of aromatic hydroxyl groups is 1.